The highest BCUT2D eigenvalue weighted by molar-refractivity contribution is 5.78. The van der Waals surface area contributed by atoms with E-state index in [9.17, 15) is 26.7 Å². The van der Waals surface area contributed by atoms with Crippen LogP contribution >= 0.6 is 0 Å². The lowest BCUT2D eigenvalue weighted by atomic mass is 10.2. The van der Waals surface area contributed by atoms with Crippen molar-refractivity contribution in [2.75, 3.05) is 7.05 Å². The Labute approximate surface area is 105 Å². The summed E-state index contributed by atoms with van der Waals surface area (Å²) in [4.78, 5) is 14.3. The van der Waals surface area contributed by atoms with Gasteiger partial charge in [-0.3, -0.25) is 14.8 Å². The van der Waals surface area contributed by atoms with Crippen LogP contribution in [0.2, 0.25) is 0 Å². The van der Waals surface area contributed by atoms with Gasteiger partial charge in [-0.2, -0.15) is 22.0 Å². The molecule has 0 aromatic carbocycles. The first-order valence-corrected chi connectivity index (χ1v) is 5.03. The van der Waals surface area contributed by atoms with Crippen LogP contribution < -0.4 is 5.43 Å². The second kappa shape index (κ2) is 5.91. The van der Waals surface area contributed by atoms with Gasteiger partial charge in [-0.15, -0.1) is 0 Å². The van der Waals surface area contributed by atoms with E-state index in [1.165, 1.54) is 0 Å². The number of carbonyl (C=O) groups is 1. The van der Waals surface area contributed by atoms with Crippen molar-refractivity contribution >= 4 is 5.91 Å². The molecule has 0 aliphatic heterocycles. The van der Waals surface area contributed by atoms with Crippen molar-refractivity contribution in [3.05, 3.63) is 29.6 Å². The van der Waals surface area contributed by atoms with Crippen molar-refractivity contribution in [1.82, 2.24) is 15.4 Å². The van der Waals surface area contributed by atoms with Crippen molar-refractivity contribution in [2.24, 2.45) is 0 Å². The van der Waals surface area contributed by atoms with E-state index in [4.69, 9.17) is 0 Å². The molecule has 0 aliphatic carbocycles. The minimum absolute atomic E-state index is 0.146. The molecular weight excluding hydrogens is 273 g/mol. The molecule has 0 fully saturated rings. The van der Waals surface area contributed by atoms with Crippen LogP contribution in [0.4, 0.5) is 22.0 Å². The monoisotopic (exact) mass is 283 g/mol. The van der Waals surface area contributed by atoms with Gasteiger partial charge in [-0.25, -0.2) is 5.43 Å². The van der Waals surface area contributed by atoms with Crippen LogP contribution in [0, 0.1) is 0 Å². The van der Waals surface area contributed by atoms with E-state index in [0.717, 1.165) is 19.2 Å². The maximum absolute atomic E-state index is 12.2. The Morgan fingerprint density at radius 3 is 2.47 bits per heavy atom. The molecule has 0 bridgehead atoms. The summed E-state index contributed by atoms with van der Waals surface area (Å²) in [6, 6.07) is 1.91. The van der Waals surface area contributed by atoms with Crippen molar-refractivity contribution < 1.29 is 26.7 Å². The summed E-state index contributed by atoms with van der Waals surface area (Å²) in [5, 5.41) is 0.560. The van der Waals surface area contributed by atoms with Crippen LogP contribution in [0.1, 0.15) is 11.3 Å². The number of pyridine rings is 1. The summed E-state index contributed by atoms with van der Waals surface area (Å²) in [5.41, 5.74) is 1.57. The average Bonchev–Trinajstić information content (AvgIpc) is 2.34. The summed E-state index contributed by atoms with van der Waals surface area (Å²) in [7, 11) is 1.08. The Morgan fingerprint density at radius 2 is 2.05 bits per heavy atom. The van der Waals surface area contributed by atoms with Gasteiger partial charge in [0.1, 0.15) is 0 Å². The molecule has 0 saturated carbocycles. The highest BCUT2D eigenvalue weighted by Gasteiger charge is 2.30. The fourth-order valence-corrected chi connectivity index (χ4v) is 1.12. The number of hydrogen-bond donors (Lipinski definition) is 1. The van der Waals surface area contributed by atoms with Crippen LogP contribution in [0.3, 0.4) is 0 Å². The Bertz CT molecular complexity index is 432. The molecule has 9 heteroatoms. The number of rotatable bonds is 4. The van der Waals surface area contributed by atoms with Gasteiger partial charge >= 0.3 is 18.5 Å². The summed E-state index contributed by atoms with van der Waals surface area (Å²) in [5.74, 6) is -1.44. The van der Waals surface area contributed by atoms with E-state index in [-0.39, 0.29) is 12.2 Å². The third-order valence-electron chi connectivity index (χ3n) is 2.17. The molecule has 1 heterocycles. The van der Waals surface area contributed by atoms with Gasteiger partial charge in [0.15, 0.2) is 0 Å². The molecule has 1 aromatic heterocycles. The van der Waals surface area contributed by atoms with Gasteiger partial charge < -0.3 is 0 Å². The average molecular weight is 283 g/mol. The molecule has 0 aliphatic rings. The number of nitrogens with zero attached hydrogens (tertiary/aromatic N) is 2. The maximum Gasteiger partial charge on any atom is 0.417 e. The summed E-state index contributed by atoms with van der Waals surface area (Å²) >= 11 is 0. The normalized spacial score (nSPS) is 11.7. The van der Waals surface area contributed by atoms with Gasteiger partial charge in [0.25, 0.3) is 0 Å². The molecule has 19 heavy (non-hydrogen) atoms. The minimum Gasteiger partial charge on any atom is -0.276 e. The number of halogens is 5. The molecule has 0 spiro atoms. The number of alkyl halides is 5. The Morgan fingerprint density at radius 1 is 1.42 bits per heavy atom. The zero-order chi connectivity index (χ0) is 14.6. The molecule has 0 radical (unpaired) electrons. The van der Waals surface area contributed by atoms with Crippen LogP contribution in [-0.2, 0) is 17.5 Å². The van der Waals surface area contributed by atoms with Crippen molar-refractivity contribution in [3.8, 4) is 0 Å². The quantitative estimate of drug-likeness (QED) is 0.677. The standard InChI is InChI=1S/C10H10F5N3O/c1-18(9(19)8(11)12)17-5-7-3-2-6(4-16-7)10(13,14)15/h2-4,8,17H,5H2,1H3. The summed E-state index contributed by atoms with van der Waals surface area (Å²) < 4.78 is 60.7. The van der Waals surface area contributed by atoms with Crippen molar-refractivity contribution in [2.45, 2.75) is 19.1 Å². The zero-order valence-electron chi connectivity index (χ0n) is 9.71. The molecule has 0 atom stereocenters. The maximum atomic E-state index is 12.2. The Kier molecular flexibility index (Phi) is 4.76. The Hall–Kier alpha value is -1.77. The second-order valence-electron chi connectivity index (χ2n) is 3.57. The topological polar surface area (TPSA) is 45.2 Å². The predicted octanol–water partition coefficient (Wildman–Crippen LogP) is 1.83. The predicted molar refractivity (Wildman–Crippen MR) is 54.9 cm³/mol. The van der Waals surface area contributed by atoms with E-state index in [2.05, 4.69) is 10.4 Å². The van der Waals surface area contributed by atoms with E-state index in [1.54, 1.807) is 0 Å². The summed E-state index contributed by atoms with van der Waals surface area (Å²) in [6.07, 6.45) is -7.01. The van der Waals surface area contributed by atoms with Gasteiger partial charge in [-0.05, 0) is 12.1 Å². The number of amides is 1. The highest BCUT2D eigenvalue weighted by Crippen LogP contribution is 2.28. The number of hydrazine groups is 1. The fourth-order valence-electron chi connectivity index (χ4n) is 1.12. The van der Waals surface area contributed by atoms with Crippen LogP contribution in [0.5, 0.6) is 0 Å². The van der Waals surface area contributed by atoms with Gasteiger partial charge in [-0.1, -0.05) is 0 Å². The molecule has 1 amide bonds. The van der Waals surface area contributed by atoms with E-state index >= 15 is 0 Å². The number of nitrogens with one attached hydrogen (secondary N) is 1. The first-order chi connectivity index (χ1) is 8.71. The van der Waals surface area contributed by atoms with Gasteiger partial charge in [0, 0.05) is 13.2 Å². The minimum atomic E-state index is -4.48. The lowest BCUT2D eigenvalue weighted by Gasteiger charge is -2.17. The number of carbonyl (C=O) groups excluding carboxylic acids is 1. The van der Waals surface area contributed by atoms with Crippen LogP contribution in [0.15, 0.2) is 18.3 Å². The molecule has 4 nitrogen and oxygen atoms in total. The SMILES string of the molecule is CN(NCc1ccc(C(F)(F)F)cn1)C(=O)C(F)F. The number of aromatic nitrogens is 1. The molecular formula is C10H10F5N3O. The smallest absolute Gasteiger partial charge is 0.276 e. The number of hydrogen-bond acceptors (Lipinski definition) is 3. The summed E-state index contributed by atoms with van der Waals surface area (Å²) in [6.45, 7) is -0.146. The first kappa shape index (κ1) is 15.3. The fraction of sp³-hybridized carbons (Fsp3) is 0.400. The molecule has 106 valence electrons. The molecule has 1 N–H and O–H groups in total. The van der Waals surface area contributed by atoms with Crippen LogP contribution in [-0.4, -0.2) is 29.4 Å². The molecule has 0 unspecified atom stereocenters. The van der Waals surface area contributed by atoms with Crippen LogP contribution in [0.25, 0.3) is 0 Å². The lowest BCUT2D eigenvalue weighted by molar-refractivity contribution is -0.144. The lowest BCUT2D eigenvalue weighted by Crippen LogP contribution is -2.42. The first-order valence-electron chi connectivity index (χ1n) is 5.03. The molecule has 0 saturated heterocycles. The molecule has 1 aromatic rings. The second-order valence-corrected chi connectivity index (χ2v) is 3.57. The van der Waals surface area contributed by atoms with Gasteiger partial charge in [0.05, 0.1) is 17.8 Å². The van der Waals surface area contributed by atoms with Gasteiger partial charge in [0.2, 0.25) is 0 Å². The van der Waals surface area contributed by atoms with E-state index in [0.29, 0.717) is 11.2 Å². The van der Waals surface area contributed by atoms with Crippen molar-refractivity contribution in [1.29, 1.82) is 0 Å². The molecule has 1 rings (SSSR count). The third-order valence-corrected chi connectivity index (χ3v) is 2.17. The highest BCUT2D eigenvalue weighted by atomic mass is 19.4. The third kappa shape index (κ3) is 4.43. The largest absolute Gasteiger partial charge is 0.417 e. The zero-order valence-corrected chi connectivity index (χ0v) is 9.71. The van der Waals surface area contributed by atoms with E-state index < -0.39 is 24.1 Å². The van der Waals surface area contributed by atoms with E-state index in [1.807, 2.05) is 0 Å². The Balaban J connectivity index is 2.58. The van der Waals surface area contributed by atoms with Crippen molar-refractivity contribution in [3.63, 3.8) is 0 Å².